The zero-order valence-corrected chi connectivity index (χ0v) is 30.8. The summed E-state index contributed by atoms with van der Waals surface area (Å²) < 4.78 is 36.6. The van der Waals surface area contributed by atoms with E-state index in [-0.39, 0.29) is 12.8 Å². The molecule has 0 N–H and O–H groups in total. The van der Waals surface area contributed by atoms with Crippen LogP contribution in [-0.4, -0.2) is 54.0 Å². The average Bonchev–Trinajstić information content (AvgIpc) is 3.52. The number of hydrogen-bond donors (Lipinski definition) is 0. The molecule has 2 aliphatic rings. The number of hydrogen-bond acceptors (Lipinski definition) is 7. The first-order chi connectivity index (χ1) is 22.7. The SMILES string of the molecule is COc1cc2c(cc1OC)-c1cc3c(cc1COC[C@@H](c1ccccc1)N(CCCCCO[Si](C(C)C)(C(C)C)C(C)C)C2)OCO3. The lowest BCUT2D eigenvalue weighted by molar-refractivity contribution is 0.0442. The van der Waals surface area contributed by atoms with Gasteiger partial charge in [-0.1, -0.05) is 71.9 Å². The minimum Gasteiger partial charge on any atom is -0.493 e. The smallest absolute Gasteiger partial charge is 0.231 e. The Labute approximate surface area is 283 Å². The van der Waals surface area contributed by atoms with Crippen LogP contribution >= 0.6 is 0 Å². The second-order valence-corrected chi connectivity index (χ2v) is 19.3. The first kappa shape index (κ1) is 35.3. The summed E-state index contributed by atoms with van der Waals surface area (Å²) in [5.74, 6) is 2.93. The van der Waals surface area contributed by atoms with Crippen LogP contribution in [0.3, 0.4) is 0 Å². The molecule has 2 heterocycles. The molecule has 3 aromatic rings. The predicted molar refractivity (Wildman–Crippen MR) is 191 cm³/mol. The normalized spacial score (nSPS) is 16.8. The Bertz CT molecular complexity index is 1440. The van der Waals surface area contributed by atoms with Crippen LogP contribution in [0.1, 0.15) is 83.5 Å². The maximum absolute atomic E-state index is 6.88. The van der Waals surface area contributed by atoms with Gasteiger partial charge in [0.15, 0.2) is 31.3 Å². The van der Waals surface area contributed by atoms with Gasteiger partial charge in [-0.2, -0.15) is 0 Å². The molecule has 3 aromatic carbocycles. The molecular weight excluding hydrogens is 607 g/mol. The van der Waals surface area contributed by atoms with E-state index < -0.39 is 8.32 Å². The molecule has 1 atom stereocenters. The Hall–Kier alpha value is -3.04. The van der Waals surface area contributed by atoms with Crippen molar-refractivity contribution in [1.29, 1.82) is 0 Å². The number of ether oxygens (including phenoxy) is 5. The van der Waals surface area contributed by atoms with Crippen molar-refractivity contribution in [2.75, 3.05) is 40.8 Å². The summed E-state index contributed by atoms with van der Waals surface area (Å²) in [4.78, 5) is 2.58. The molecule has 0 amide bonds. The van der Waals surface area contributed by atoms with Crippen molar-refractivity contribution < 1.29 is 28.1 Å². The van der Waals surface area contributed by atoms with Crippen molar-refractivity contribution in [2.45, 2.75) is 96.6 Å². The number of fused-ring (bicyclic) bond motifs is 4. The van der Waals surface area contributed by atoms with Crippen molar-refractivity contribution in [3.8, 4) is 34.1 Å². The molecule has 2 aliphatic heterocycles. The first-order valence-corrected chi connectivity index (χ1v) is 19.5. The summed E-state index contributed by atoms with van der Waals surface area (Å²) in [5, 5.41) is 0. The van der Waals surface area contributed by atoms with Crippen molar-refractivity contribution in [3.63, 3.8) is 0 Å². The highest BCUT2D eigenvalue weighted by Gasteiger charge is 2.44. The van der Waals surface area contributed by atoms with Gasteiger partial charge in [0.2, 0.25) is 6.79 Å². The molecule has 47 heavy (non-hydrogen) atoms. The Morgan fingerprint density at radius 1 is 0.766 bits per heavy atom. The van der Waals surface area contributed by atoms with E-state index in [1.807, 2.05) is 0 Å². The lowest BCUT2D eigenvalue weighted by Crippen LogP contribution is -2.47. The topological polar surface area (TPSA) is 58.6 Å². The van der Waals surface area contributed by atoms with Gasteiger partial charge in [0.1, 0.15) is 0 Å². The van der Waals surface area contributed by atoms with Crippen LogP contribution in [0.5, 0.6) is 23.0 Å². The molecule has 256 valence electrons. The summed E-state index contributed by atoms with van der Waals surface area (Å²) in [6.07, 6.45) is 3.26. The van der Waals surface area contributed by atoms with Crippen LogP contribution in [0, 0.1) is 0 Å². The molecular formula is C39H55NO6Si. The number of unbranched alkanes of at least 4 members (excludes halogenated alkanes) is 2. The van der Waals surface area contributed by atoms with Gasteiger partial charge in [-0.05, 0) is 94.5 Å². The largest absolute Gasteiger partial charge is 0.493 e. The minimum atomic E-state index is -1.86. The quantitative estimate of drug-likeness (QED) is 0.134. The molecule has 0 aromatic heterocycles. The molecule has 8 heteroatoms. The molecule has 0 saturated carbocycles. The summed E-state index contributed by atoms with van der Waals surface area (Å²) in [5.41, 5.74) is 7.45. The molecule has 0 spiro atoms. The molecule has 5 rings (SSSR count). The van der Waals surface area contributed by atoms with Crippen LogP contribution in [0.4, 0.5) is 0 Å². The Kier molecular flexibility index (Phi) is 11.9. The van der Waals surface area contributed by atoms with Crippen molar-refractivity contribution in [1.82, 2.24) is 4.90 Å². The molecule has 0 saturated heterocycles. The third kappa shape index (κ3) is 7.67. The van der Waals surface area contributed by atoms with Crippen LogP contribution < -0.4 is 18.9 Å². The fourth-order valence-corrected chi connectivity index (χ4v) is 13.4. The second-order valence-electron chi connectivity index (χ2n) is 13.9. The van der Waals surface area contributed by atoms with Gasteiger partial charge >= 0.3 is 0 Å². The van der Waals surface area contributed by atoms with Gasteiger partial charge < -0.3 is 28.1 Å². The number of rotatable bonds is 13. The minimum absolute atomic E-state index is 0.0897. The van der Waals surface area contributed by atoms with E-state index >= 15 is 0 Å². The van der Waals surface area contributed by atoms with E-state index in [9.17, 15) is 0 Å². The van der Waals surface area contributed by atoms with Crippen LogP contribution in [0.25, 0.3) is 11.1 Å². The van der Waals surface area contributed by atoms with E-state index in [2.05, 4.69) is 101 Å². The van der Waals surface area contributed by atoms with Gasteiger partial charge in [-0.3, -0.25) is 4.90 Å². The standard InChI is InChI=1S/C39H55NO6Si/c1-27(2)47(28(3)4,29(5)6)46-18-14-10-13-17-40-23-31-19-36(41-7)37(42-8)21-33(31)34-22-39-38(44-26-45-39)20-32(34)24-43-25-35(40)30-15-11-9-12-16-30/h9,11-12,15-16,19-22,27-29,35H,10,13-14,17-18,23-26H2,1-8H3/t35-/m0/s1. The number of nitrogens with zero attached hydrogens (tertiary/aromatic N) is 1. The molecule has 0 bridgehead atoms. The Morgan fingerprint density at radius 3 is 2.06 bits per heavy atom. The lowest BCUT2D eigenvalue weighted by atomic mass is 9.92. The van der Waals surface area contributed by atoms with Gasteiger partial charge in [0.25, 0.3) is 0 Å². The van der Waals surface area contributed by atoms with Crippen molar-refractivity contribution >= 4 is 8.32 Å². The van der Waals surface area contributed by atoms with Crippen LogP contribution in [0.2, 0.25) is 16.6 Å². The van der Waals surface area contributed by atoms with E-state index in [1.54, 1.807) is 14.2 Å². The average molecular weight is 662 g/mol. The predicted octanol–water partition coefficient (Wildman–Crippen LogP) is 9.54. The zero-order chi connectivity index (χ0) is 33.6. The molecule has 0 unspecified atom stereocenters. The third-order valence-electron chi connectivity index (χ3n) is 10.2. The van der Waals surface area contributed by atoms with E-state index in [4.69, 9.17) is 28.1 Å². The van der Waals surface area contributed by atoms with Gasteiger partial charge in [0, 0.05) is 13.2 Å². The highest BCUT2D eigenvalue weighted by Crippen LogP contribution is 2.45. The molecule has 7 nitrogen and oxygen atoms in total. The summed E-state index contributed by atoms with van der Waals surface area (Å²) >= 11 is 0. The van der Waals surface area contributed by atoms with E-state index in [1.165, 1.54) is 11.1 Å². The molecule has 0 fully saturated rings. The van der Waals surface area contributed by atoms with E-state index in [0.29, 0.717) is 35.6 Å². The summed E-state index contributed by atoms with van der Waals surface area (Å²) in [7, 11) is 1.53. The zero-order valence-electron chi connectivity index (χ0n) is 29.8. The summed E-state index contributed by atoms with van der Waals surface area (Å²) in [6.45, 7) is 17.9. The second kappa shape index (κ2) is 15.9. The van der Waals surface area contributed by atoms with E-state index in [0.717, 1.165) is 72.9 Å². The van der Waals surface area contributed by atoms with Crippen LogP contribution in [0.15, 0.2) is 54.6 Å². The van der Waals surface area contributed by atoms with Gasteiger partial charge in [-0.15, -0.1) is 0 Å². The Balaban J connectivity index is 1.43. The fourth-order valence-electron chi connectivity index (χ4n) is 7.93. The Morgan fingerprint density at radius 2 is 1.40 bits per heavy atom. The molecule has 0 radical (unpaired) electrons. The maximum atomic E-state index is 6.88. The van der Waals surface area contributed by atoms with Crippen molar-refractivity contribution in [3.05, 3.63) is 71.3 Å². The highest BCUT2D eigenvalue weighted by atomic mass is 28.4. The molecule has 0 aliphatic carbocycles. The maximum Gasteiger partial charge on any atom is 0.231 e. The lowest BCUT2D eigenvalue weighted by Gasteiger charge is -2.42. The highest BCUT2D eigenvalue weighted by molar-refractivity contribution is 6.77. The first-order valence-electron chi connectivity index (χ1n) is 17.4. The van der Waals surface area contributed by atoms with Crippen molar-refractivity contribution in [2.24, 2.45) is 0 Å². The monoisotopic (exact) mass is 661 g/mol. The van der Waals surface area contributed by atoms with Gasteiger partial charge in [-0.25, -0.2) is 0 Å². The fraction of sp³-hybridized carbons (Fsp3) is 0.538. The van der Waals surface area contributed by atoms with Gasteiger partial charge in [0.05, 0.1) is 33.5 Å². The number of benzene rings is 3. The summed E-state index contributed by atoms with van der Waals surface area (Å²) in [6, 6.07) is 19.2. The number of methoxy groups -OCH3 is 2. The third-order valence-corrected chi connectivity index (χ3v) is 16.3. The van der Waals surface area contributed by atoms with Crippen LogP contribution in [-0.2, 0) is 22.3 Å².